The fourth-order valence-corrected chi connectivity index (χ4v) is 5.44. The molecule has 1 saturated carbocycles. The zero-order valence-electron chi connectivity index (χ0n) is 11.3. The van der Waals surface area contributed by atoms with Crippen LogP contribution in [0.1, 0.15) is 25.7 Å². The summed E-state index contributed by atoms with van der Waals surface area (Å²) < 4.78 is 29.4. The average Bonchev–Trinajstić information content (AvgIpc) is 2.95. The van der Waals surface area contributed by atoms with Crippen molar-refractivity contribution in [3.8, 4) is 0 Å². The van der Waals surface area contributed by atoms with Crippen molar-refractivity contribution in [3.63, 3.8) is 0 Å². The number of sulfone groups is 1. The minimum atomic E-state index is -3.05. The topological polar surface area (TPSA) is 72.6 Å². The highest BCUT2D eigenvalue weighted by Crippen LogP contribution is 2.40. The van der Waals surface area contributed by atoms with Crippen LogP contribution in [0.3, 0.4) is 0 Å². The third-order valence-corrected chi connectivity index (χ3v) is 6.36. The molecule has 0 aromatic heterocycles. The van der Waals surface area contributed by atoms with Crippen LogP contribution in [0.5, 0.6) is 0 Å². The van der Waals surface area contributed by atoms with Crippen molar-refractivity contribution in [2.45, 2.75) is 42.6 Å². The summed E-state index contributed by atoms with van der Waals surface area (Å²) in [6, 6.07) is 0. The summed E-state index contributed by atoms with van der Waals surface area (Å²) in [7, 11) is -1.33. The molecule has 0 spiro atoms. The molecular weight excluding hydrogens is 252 g/mol. The van der Waals surface area contributed by atoms with Gasteiger partial charge in [0.05, 0.1) is 11.4 Å². The SMILES string of the molecule is COC1CCN(C2(CN)CCCC2S(C)(=O)=O)C1. The van der Waals surface area contributed by atoms with E-state index in [-0.39, 0.29) is 16.9 Å². The van der Waals surface area contributed by atoms with Crippen molar-refractivity contribution in [1.29, 1.82) is 0 Å². The Kier molecular flexibility index (Phi) is 4.02. The molecule has 0 aromatic rings. The van der Waals surface area contributed by atoms with Gasteiger partial charge in [-0.25, -0.2) is 8.42 Å². The number of nitrogens with two attached hydrogens (primary N) is 1. The van der Waals surface area contributed by atoms with Crippen molar-refractivity contribution in [3.05, 3.63) is 0 Å². The van der Waals surface area contributed by atoms with Crippen LogP contribution in [0, 0.1) is 0 Å². The van der Waals surface area contributed by atoms with Gasteiger partial charge >= 0.3 is 0 Å². The summed E-state index contributed by atoms with van der Waals surface area (Å²) in [5, 5.41) is -0.314. The van der Waals surface area contributed by atoms with E-state index in [0.717, 1.165) is 38.8 Å². The lowest BCUT2D eigenvalue weighted by Gasteiger charge is -2.42. The average molecular weight is 276 g/mol. The van der Waals surface area contributed by atoms with E-state index in [9.17, 15) is 8.42 Å². The Bertz CT molecular complexity index is 398. The molecule has 2 rings (SSSR count). The summed E-state index contributed by atoms with van der Waals surface area (Å²) in [6.07, 6.45) is 5.10. The fourth-order valence-electron chi connectivity index (χ4n) is 3.69. The normalized spacial score (nSPS) is 38.4. The maximum absolute atomic E-state index is 12.0. The van der Waals surface area contributed by atoms with Crippen LogP contribution >= 0.6 is 0 Å². The van der Waals surface area contributed by atoms with Crippen molar-refractivity contribution < 1.29 is 13.2 Å². The molecule has 1 saturated heterocycles. The monoisotopic (exact) mass is 276 g/mol. The van der Waals surface area contributed by atoms with Gasteiger partial charge in [-0.15, -0.1) is 0 Å². The molecule has 106 valence electrons. The van der Waals surface area contributed by atoms with Crippen LogP contribution in [0.25, 0.3) is 0 Å². The van der Waals surface area contributed by atoms with E-state index in [4.69, 9.17) is 10.5 Å². The number of hydrogen-bond donors (Lipinski definition) is 1. The zero-order valence-corrected chi connectivity index (χ0v) is 12.1. The van der Waals surface area contributed by atoms with Gasteiger partial charge in [-0.05, 0) is 19.3 Å². The molecule has 0 radical (unpaired) electrons. The highest BCUT2D eigenvalue weighted by atomic mass is 32.2. The maximum atomic E-state index is 12.0. The lowest BCUT2D eigenvalue weighted by atomic mass is 9.95. The second-order valence-electron chi connectivity index (χ2n) is 5.61. The standard InChI is InChI=1S/C12H24N2O3S/c1-17-10-5-7-14(8-10)12(9-13)6-3-4-11(12)18(2,15)16/h10-11H,3-9,13H2,1-2H3. The minimum Gasteiger partial charge on any atom is -0.380 e. The van der Waals surface area contributed by atoms with E-state index in [1.165, 1.54) is 6.26 Å². The molecule has 5 nitrogen and oxygen atoms in total. The Labute approximate surface area is 110 Å². The molecule has 6 heteroatoms. The van der Waals surface area contributed by atoms with Crippen LogP contribution < -0.4 is 5.73 Å². The van der Waals surface area contributed by atoms with Crippen LogP contribution in [-0.4, -0.2) is 63.2 Å². The van der Waals surface area contributed by atoms with Gasteiger partial charge in [0.25, 0.3) is 0 Å². The number of hydrogen-bond acceptors (Lipinski definition) is 5. The number of ether oxygens (including phenoxy) is 1. The van der Waals surface area contributed by atoms with Gasteiger partial charge in [-0.1, -0.05) is 6.42 Å². The summed E-state index contributed by atoms with van der Waals surface area (Å²) in [4.78, 5) is 2.26. The Morgan fingerprint density at radius 2 is 2.17 bits per heavy atom. The quantitative estimate of drug-likeness (QED) is 0.782. The zero-order chi connectivity index (χ0) is 13.4. The molecule has 2 fully saturated rings. The molecule has 2 N–H and O–H groups in total. The Morgan fingerprint density at radius 3 is 2.67 bits per heavy atom. The molecule has 3 atom stereocenters. The van der Waals surface area contributed by atoms with Gasteiger partial charge in [-0.2, -0.15) is 0 Å². The van der Waals surface area contributed by atoms with Gasteiger partial charge in [0.15, 0.2) is 9.84 Å². The summed E-state index contributed by atoms with van der Waals surface area (Å²) in [6.45, 7) is 2.11. The third-order valence-electron chi connectivity index (χ3n) is 4.65. The molecule has 1 heterocycles. The predicted octanol–water partition coefficient (Wildman–Crippen LogP) is 0.00170. The van der Waals surface area contributed by atoms with Crippen molar-refractivity contribution in [2.75, 3.05) is 33.0 Å². The highest BCUT2D eigenvalue weighted by molar-refractivity contribution is 7.91. The molecule has 3 unspecified atom stereocenters. The molecule has 0 bridgehead atoms. The second kappa shape index (κ2) is 5.07. The third kappa shape index (κ3) is 2.31. The molecule has 2 aliphatic rings. The van der Waals surface area contributed by atoms with E-state index in [1.54, 1.807) is 7.11 Å². The van der Waals surface area contributed by atoms with E-state index < -0.39 is 9.84 Å². The number of methoxy groups -OCH3 is 1. The molecule has 18 heavy (non-hydrogen) atoms. The lowest BCUT2D eigenvalue weighted by Crippen LogP contribution is -2.59. The number of rotatable bonds is 4. The summed E-state index contributed by atoms with van der Waals surface area (Å²) in [5.74, 6) is 0. The number of likely N-dealkylation sites (tertiary alicyclic amines) is 1. The van der Waals surface area contributed by atoms with Crippen molar-refractivity contribution >= 4 is 9.84 Å². The number of nitrogens with zero attached hydrogens (tertiary/aromatic N) is 1. The Balaban J connectivity index is 2.25. The summed E-state index contributed by atoms with van der Waals surface area (Å²) >= 11 is 0. The molecular formula is C12H24N2O3S. The van der Waals surface area contributed by atoms with E-state index in [1.807, 2.05) is 0 Å². The fraction of sp³-hybridized carbons (Fsp3) is 1.00. The van der Waals surface area contributed by atoms with Gasteiger partial charge in [0, 0.05) is 38.5 Å². The van der Waals surface area contributed by atoms with Crippen LogP contribution in [0.4, 0.5) is 0 Å². The molecule has 1 aliphatic heterocycles. The van der Waals surface area contributed by atoms with E-state index >= 15 is 0 Å². The first-order chi connectivity index (χ1) is 8.44. The Morgan fingerprint density at radius 1 is 1.44 bits per heavy atom. The van der Waals surface area contributed by atoms with Crippen LogP contribution in [0.2, 0.25) is 0 Å². The largest absolute Gasteiger partial charge is 0.380 e. The highest BCUT2D eigenvalue weighted by Gasteiger charge is 2.52. The van der Waals surface area contributed by atoms with Crippen molar-refractivity contribution in [1.82, 2.24) is 4.90 Å². The van der Waals surface area contributed by atoms with Crippen LogP contribution in [0.15, 0.2) is 0 Å². The van der Waals surface area contributed by atoms with E-state index in [2.05, 4.69) is 4.90 Å². The maximum Gasteiger partial charge on any atom is 0.152 e. The summed E-state index contributed by atoms with van der Waals surface area (Å²) in [5.41, 5.74) is 5.62. The smallest absolute Gasteiger partial charge is 0.152 e. The molecule has 1 aliphatic carbocycles. The van der Waals surface area contributed by atoms with Crippen LogP contribution in [-0.2, 0) is 14.6 Å². The van der Waals surface area contributed by atoms with Gasteiger partial charge in [0.1, 0.15) is 0 Å². The van der Waals surface area contributed by atoms with Gasteiger partial charge in [0.2, 0.25) is 0 Å². The first kappa shape index (κ1) is 14.2. The first-order valence-electron chi connectivity index (χ1n) is 6.61. The predicted molar refractivity (Wildman–Crippen MR) is 71.3 cm³/mol. The second-order valence-corrected chi connectivity index (χ2v) is 7.84. The van der Waals surface area contributed by atoms with E-state index in [0.29, 0.717) is 6.54 Å². The Hall–Kier alpha value is -0.170. The minimum absolute atomic E-state index is 0.217. The van der Waals surface area contributed by atoms with Gasteiger partial charge < -0.3 is 10.5 Å². The molecule has 0 amide bonds. The first-order valence-corrected chi connectivity index (χ1v) is 8.56. The lowest BCUT2D eigenvalue weighted by molar-refractivity contribution is 0.0767. The van der Waals surface area contributed by atoms with Gasteiger partial charge in [-0.3, -0.25) is 4.90 Å². The van der Waals surface area contributed by atoms with Crippen molar-refractivity contribution in [2.24, 2.45) is 5.73 Å². The molecule has 0 aromatic carbocycles.